The summed E-state index contributed by atoms with van der Waals surface area (Å²) in [4.78, 5) is 40.7. The number of fused-ring (bicyclic) bond motifs is 3. The van der Waals surface area contributed by atoms with Gasteiger partial charge < -0.3 is 36.4 Å². The third-order valence-corrected chi connectivity index (χ3v) is 7.90. The predicted molar refractivity (Wildman–Crippen MR) is 136 cm³/mol. The van der Waals surface area contributed by atoms with Crippen LogP contribution in [0.4, 0.5) is 5.69 Å². The van der Waals surface area contributed by atoms with Crippen LogP contribution in [0.1, 0.15) is 55.1 Å². The lowest BCUT2D eigenvalue weighted by atomic mass is 9.57. The average Bonchev–Trinajstić information content (AvgIpc) is 2.76. The second-order valence-corrected chi connectivity index (χ2v) is 12.1. The first-order valence-electron chi connectivity index (χ1n) is 12.6. The van der Waals surface area contributed by atoms with Crippen molar-refractivity contribution in [3.63, 3.8) is 0 Å². The summed E-state index contributed by atoms with van der Waals surface area (Å²) in [5.41, 5.74) is 4.58. The van der Waals surface area contributed by atoms with Crippen LogP contribution in [0.2, 0.25) is 0 Å². The van der Waals surface area contributed by atoms with Crippen LogP contribution >= 0.6 is 0 Å². The molecule has 0 heterocycles. The third kappa shape index (κ3) is 4.30. The zero-order valence-corrected chi connectivity index (χ0v) is 22.0. The Kier molecular flexibility index (Phi) is 6.67. The van der Waals surface area contributed by atoms with E-state index in [1.54, 1.807) is 0 Å². The van der Waals surface area contributed by atoms with Crippen LogP contribution in [0.5, 0.6) is 5.75 Å². The van der Waals surface area contributed by atoms with Crippen molar-refractivity contribution in [1.82, 2.24) is 5.32 Å². The Hall–Kier alpha value is -2.95. The van der Waals surface area contributed by atoms with Crippen molar-refractivity contribution in [3.8, 4) is 5.75 Å². The van der Waals surface area contributed by atoms with Crippen molar-refractivity contribution in [3.05, 3.63) is 34.1 Å². The van der Waals surface area contributed by atoms with Gasteiger partial charge in [0.2, 0.25) is 5.91 Å². The third-order valence-electron chi connectivity index (χ3n) is 7.90. The molecular weight excluding hydrogens is 478 g/mol. The number of amides is 1. The predicted octanol–water partition coefficient (Wildman–Crippen LogP) is 0.947. The first-order chi connectivity index (χ1) is 17.1. The Balaban J connectivity index is 1.83. The molecule has 1 saturated carbocycles. The quantitative estimate of drug-likeness (QED) is 0.312. The number of aromatic hydroxyl groups is 1. The van der Waals surface area contributed by atoms with Crippen molar-refractivity contribution in [2.75, 3.05) is 25.5 Å². The normalized spacial score (nSPS) is 29.5. The number of carbonyl (C=O) groups excluding carboxylic acids is 3. The van der Waals surface area contributed by atoms with E-state index in [4.69, 9.17) is 5.73 Å². The van der Waals surface area contributed by atoms with Crippen LogP contribution < -0.4 is 16.0 Å². The maximum atomic E-state index is 13.9. The number of anilines is 1. The molecule has 1 amide bonds. The SMILES string of the molecule is CN(C)c1cc(CNCC(C)(C)C)c(O)c2c1C[C@H]1C[C@H]3CC(O)C(C(N)=O)C(=O)[C@@]3(O)C(O)=C1C2=O. The van der Waals surface area contributed by atoms with Gasteiger partial charge in [-0.15, -0.1) is 0 Å². The lowest BCUT2D eigenvalue weighted by Crippen LogP contribution is -2.63. The minimum Gasteiger partial charge on any atom is -0.508 e. The Morgan fingerprint density at radius 2 is 1.86 bits per heavy atom. The molecule has 202 valence electrons. The van der Waals surface area contributed by atoms with E-state index in [1.807, 2.05) is 25.1 Å². The van der Waals surface area contributed by atoms with Crippen LogP contribution in [-0.2, 0) is 22.6 Å². The molecule has 4 rings (SSSR count). The van der Waals surface area contributed by atoms with Crippen molar-refractivity contribution in [2.24, 2.45) is 28.9 Å². The molecule has 37 heavy (non-hydrogen) atoms. The van der Waals surface area contributed by atoms with E-state index < -0.39 is 52.7 Å². The number of phenolic OH excluding ortho intramolecular Hbond substituents is 1. The topological polar surface area (TPSA) is 173 Å². The lowest BCUT2D eigenvalue weighted by Gasteiger charge is -2.48. The summed E-state index contributed by atoms with van der Waals surface area (Å²) in [6.07, 6.45) is -1.10. The van der Waals surface area contributed by atoms with Crippen molar-refractivity contribution in [1.29, 1.82) is 0 Å². The number of benzene rings is 1. The summed E-state index contributed by atoms with van der Waals surface area (Å²) in [6, 6.07) is 1.84. The average molecular weight is 516 g/mol. The molecule has 0 bridgehead atoms. The zero-order chi connectivity index (χ0) is 27.6. The molecule has 0 radical (unpaired) electrons. The van der Waals surface area contributed by atoms with Gasteiger partial charge in [-0.3, -0.25) is 14.4 Å². The molecule has 1 fully saturated rings. The standard InChI is InChI=1S/C27H37N3O7/c1-26(2,3)11-29-10-13-8-16(30(4)5)15-7-12-6-14-9-17(31)20(25(28)36)24(35)27(14,37)23(34)18(12)22(33)19(15)21(13)32/h8,12,14,17,20,29,31-32,34,37H,6-7,9-11H2,1-5H3,(H2,28,36)/t12-,14+,17?,20?,27+/m1/s1. The van der Waals surface area contributed by atoms with E-state index in [9.17, 15) is 34.8 Å². The number of allylic oxidation sites excluding steroid dienone is 1. The fourth-order valence-corrected chi connectivity index (χ4v) is 6.14. The maximum Gasteiger partial charge on any atom is 0.230 e. The minimum absolute atomic E-state index is 0.00477. The van der Waals surface area contributed by atoms with E-state index in [0.29, 0.717) is 24.2 Å². The summed E-state index contributed by atoms with van der Waals surface area (Å²) in [7, 11) is 3.68. The number of nitrogens with two attached hydrogens (primary N) is 1. The highest BCUT2D eigenvalue weighted by Gasteiger charge is 2.62. The molecule has 0 aliphatic heterocycles. The van der Waals surface area contributed by atoms with Crippen LogP contribution in [0, 0.1) is 23.2 Å². The first-order valence-corrected chi connectivity index (χ1v) is 12.6. The minimum atomic E-state index is -2.51. The van der Waals surface area contributed by atoms with Crippen LogP contribution in [0.25, 0.3) is 0 Å². The molecule has 0 aromatic heterocycles. The van der Waals surface area contributed by atoms with Gasteiger partial charge in [0.15, 0.2) is 17.2 Å². The van der Waals surface area contributed by atoms with Crippen LogP contribution in [-0.4, -0.2) is 70.2 Å². The van der Waals surface area contributed by atoms with Crippen LogP contribution in [0.3, 0.4) is 0 Å². The Bertz CT molecular complexity index is 1200. The Morgan fingerprint density at radius 3 is 2.43 bits per heavy atom. The number of ketones is 2. The molecule has 1 aromatic rings. The van der Waals surface area contributed by atoms with E-state index in [-0.39, 0.29) is 41.6 Å². The molecule has 10 heteroatoms. The van der Waals surface area contributed by atoms with Crippen molar-refractivity contribution < 1.29 is 34.8 Å². The van der Waals surface area contributed by atoms with Gasteiger partial charge in [-0.05, 0) is 42.2 Å². The molecule has 7 N–H and O–H groups in total. The van der Waals surface area contributed by atoms with Gasteiger partial charge in [-0.1, -0.05) is 20.8 Å². The monoisotopic (exact) mass is 515 g/mol. The fraction of sp³-hybridized carbons (Fsp3) is 0.593. The van der Waals surface area contributed by atoms with Gasteiger partial charge in [0, 0.05) is 49.9 Å². The highest BCUT2D eigenvalue weighted by molar-refractivity contribution is 6.16. The molecule has 3 aliphatic rings. The highest BCUT2D eigenvalue weighted by Crippen LogP contribution is 2.52. The number of nitrogens with one attached hydrogen (secondary N) is 1. The number of aliphatic hydroxyl groups excluding tert-OH is 2. The smallest absolute Gasteiger partial charge is 0.230 e. The summed E-state index contributed by atoms with van der Waals surface area (Å²) >= 11 is 0. The molecule has 0 spiro atoms. The molecule has 0 saturated heterocycles. The van der Waals surface area contributed by atoms with Gasteiger partial charge in [-0.2, -0.15) is 0 Å². The molecule has 1 aromatic carbocycles. The Morgan fingerprint density at radius 1 is 1.22 bits per heavy atom. The first kappa shape index (κ1) is 27.1. The summed E-state index contributed by atoms with van der Waals surface area (Å²) in [6.45, 7) is 7.21. The number of Topliss-reactive ketones (excluding diaryl/α,β-unsaturated/α-hetero) is 2. The van der Waals surface area contributed by atoms with Gasteiger partial charge >= 0.3 is 0 Å². The van der Waals surface area contributed by atoms with Gasteiger partial charge in [0.05, 0.1) is 11.7 Å². The number of rotatable bonds is 5. The Labute approximate surface area is 216 Å². The number of nitrogens with zero attached hydrogens (tertiary/aromatic N) is 1. The molecule has 2 unspecified atom stereocenters. The summed E-state index contributed by atoms with van der Waals surface area (Å²) < 4.78 is 0. The van der Waals surface area contributed by atoms with E-state index >= 15 is 0 Å². The largest absolute Gasteiger partial charge is 0.508 e. The zero-order valence-electron chi connectivity index (χ0n) is 22.0. The second-order valence-electron chi connectivity index (χ2n) is 12.1. The summed E-state index contributed by atoms with van der Waals surface area (Å²) in [5.74, 6) is -7.03. The number of carbonyl (C=O) groups is 3. The van der Waals surface area contributed by atoms with Gasteiger partial charge in [0.1, 0.15) is 17.4 Å². The number of phenols is 1. The maximum absolute atomic E-state index is 13.9. The number of primary amides is 1. The summed E-state index contributed by atoms with van der Waals surface area (Å²) in [5, 5.41) is 47.6. The fourth-order valence-electron chi connectivity index (χ4n) is 6.14. The van der Waals surface area contributed by atoms with Gasteiger partial charge in [0.25, 0.3) is 0 Å². The number of hydrogen-bond donors (Lipinski definition) is 6. The molecule has 10 nitrogen and oxygen atoms in total. The van der Waals surface area contributed by atoms with Crippen molar-refractivity contribution in [2.45, 2.75) is 58.3 Å². The molecule has 3 aliphatic carbocycles. The highest BCUT2D eigenvalue weighted by atomic mass is 16.3. The number of aliphatic hydroxyl groups is 3. The van der Waals surface area contributed by atoms with E-state index in [1.165, 1.54) is 0 Å². The van der Waals surface area contributed by atoms with E-state index in [2.05, 4.69) is 26.1 Å². The molecule has 5 atom stereocenters. The lowest BCUT2D eigenvalue weighted by molar-refractivity contribution is -0.167. The van der Waals surface area contributed by atoms with E-state index in [0.717, 1.165) is 5.69 Å². The van der Waals surface area contributed by atoms with Crippen molar-refractivity contribution >= 4 is 23.2 Å². The second kappa shape index (κ2) is 9.11. The molecular formula is C27H37N3O7. The van der Waals surface area contributed by atoms with Gasteiger partial charge in [-0.25, -0.2) is 0 Å². The number of hydrogen-bond acceptors (Lipinski definition) is 9. The van der Waals surface area contributed by atoms with Crippen LogP contribution in [0.15, 0.2) is 17.4 Å².